The van der Waals surface area contributed by atoms with Gasteiger partial charge in [0.2, 0.25) is 0 Å². The molecular formula is C11H7F2N3O2S. The summed E-state index contributed by atoms with van der Waals surface area (Å²) in [6.07, 6.45) is 2.57. The van der Waals surface area contributed by atoms with E-state index >= 15 is 0 Å². The summed E-state index contributed by atoms with van der Waals surface area (Å²) in [7, 11) is -4.00. The zero-order chi connectivity index (χ0) is 14.0. The van der Waals surface area contributed by atoms with Crippen molar-refractivity contribution in [3.63, 3.8) is 0 Å². The molecule has 19 heavy (non-hydrogen) atoms. The Hall–Kier alpha value is -2.40. The molecule has 0 bridgehead atoms. The molecule has 1 heterocycles. The Kier molecular flexibility index (Phi) is 3.23. The number of hydrogen-bond donors (Lipinski definition) is 2. The van der Waals surface area contributed by atoms with Gasteiger partial charge in [-0.3, -0.25) is 4.72 Å². The number of aromatic nitrogens is 1. The number of benzene rings is 1. The van der Waals surface area contributed by atoms with Crippen molar-refractivity contribution in [1.82, 2.24) is 4.98 Å². The summed E-state index contributed by atoms with van der Waals surface area (Å²) in [6.45, 7) is 0. The number of anilines is 1. The maximum absolute atomic E-state index is 13.5. The van der Waals surface area contributed by atoms with Gasteiger partial charge in [-0.25, -0.2) is 17.2 Å². The zero-order valence-corrected chi connectivity index (χ0v) is 10.1. The van der Waals surface area contributed by atoms with Crippen LogP contribution in [0.3, 0.4) is 0 Å². The number of sulfonamides is 1. The third-order valence-corrected chi connectivity index (χ3v) is 3.66. The van der Waals surface area contributed by atoms with Gasteiger partial charge in [0, 0.05) is 18.5 Å². The molecule has 2 aromatic rings. The van der Waals surface area contributed by atoms with Gasteiger partial charge in [0.25, 0.3) is 10.0 Å². The number of aromatic amines is 1. The Balaban J connectivity index is 2.41. The second-order valence-electron chi connectivity index (χ2n) is 3.58. The van der Waals surface area contributed by atoms with E-state index < -0.39 is 32.9 Å². The molecular weight excluding hydrogens is 276 g/mol. The van der Waals surface area contributed by atoms with Gasteiger partial charge in [-0.1, -0.05) is 0 Å². The van der Waals surface area contributed by atoms with Gasteiger partial charge < -0.3 is 4.98 Å². The van der Waals surface area contributed by atoms with Crippen LogP contribution in [0.1, 0.15) is 5.56 Å². The van der Waals surface area contributed by atoms with E-state index in [9.17, 15) is 17.2 Å². The van der Waals surface area contributed by atoms with Crippen LogP contribution >= 0.6 is 0 Å². The summed E-state index contributed by atoms with van der Waals surface area (Å²) < 4.78 is 52.4. The van der Waals surface area contributed by atoms with Crippen LogP contribution in [0.5, 0.6) is 0 Å². The van der Waals surface area contributed by atoms with Crippen LogP contribution in [0.25, 0.3) is 0 Å². The van der Waals surface area contributed by atoms with Gasteiger partial charge in [-0.15, -0.1) is 0 Å². The largest absolute Gasteiger partial charge is 0.366 e. The van der Waals surface area contributed by atoms with Gasteiger partial charge in [-0.2, -0.15) is 5.26 Å². The van der Waals surface area contributed by atoms with Gasteiger partial charge in [0.05, 0.1) is 11.3 Å². The highest BCUT2D eigenvalue weighted by Crippen LogP contribution is 2.22. The maximum atomic E-state index is 13.5. The molecule has 0 fully saturated rings. The first-order chi connectivity index (χ1) is 8.94. The Morgan fingerprint density at radius 2 is 2.00 bits per heavy atom. The van der Waals surface area contributed by atoms with E-state index in [-0.39, 0.29) is 4.90 Å². The average molecular weight is 283 g/mol. The van der Waals surface area contributed by atoms with Gasteiger partial charge >= 0.3 is 0 Å². The van der Waals surface area contributed by atoms with Crippen LogP contribution in [-0.2, 0) is 10.0 Å². The molecule has 0 atom stereocenters. The Labute approximate surface area is 107 Å². The van der Waals surface area contributed by atoms with Crippen molar-refractivity contribution in [2.75, 3.05) is 4.72 Å². The molecule has 0 saturated carbocycles. The lowest BCUT2D eigenvalue weighted by molar-refractivity contribution is 0.593. The molecule has 8 heteroatoms. The van der Waals surface area contributed by atoms with Crippen LogP contribution in [0.4, 0.5) is 14.5 Å². The fourth-order valence-corrected chi connectivity index (χ4v) is 2.42. The lowest BCUT2D eigenvalue weighted by Gasteiger charge is -2.08. The third kappa shape index (κ3) is 2.56. The van der Waals surface area contributed by atoms with E-state index in [4.69, 9.17) is 5.26 Å². The van der Waals surface area contributed by atoms with Crippen molar-refractivity contribution >= 4 is 15.7 Å². The Morgan fingerprint density at radius 3 is 2.58 bits per heavy atom. The van der Waals surface area contributed by atoms with Crippen LogP contribution in [0, 0.1) is 23.0 Å². The quantitative estimate of drug-likeness (QED) is 0.903. The highest BCUT2D eigenvalue weighted by Gasteiger charge is 2.18. The predicted molar refractivity (Wildman–Crippen MR) is 62.7 cm³/mol. The smallest absolute Gasteiger partial charge is 0.263 e. The predicted octanol–water partition coefficient (Wildman–Crippen LogP) is 1.97. The number of H-pyrrole nitrogens is 1. The summed E-state index contributed by atoms with van der Waals surface area (Å²) in [5, 5.41) is 8.52. The minimum atomic E-state index is -4.00. The number of nitrogens with zero attached hydrogens (tertiary/aromatic N) is 1. The number of nitriles is 1. The summed E-state index contributed by atoms with van der Waals surface area (Å²) in [4.78, 5) is 2.42. The van der Waals surface area contributed by atoms with E-state index in [1.165, 1.54) is 24.5 Å². The second-order valence-corrected chi connectivity index (χ2v) is 5.26. The Bertz CT molecular complexity index is 749. The fourth-order valence-electron chi connectivity index (χ4n) is 1.39. The normalized spacial score (nSPS) is 11.0. The van der Waals surface area contributed by atoms with E-state index in [1.807, 2.05) is 4.72 Å². The van der Waals surface area contributed by atoms with Crippen LogP contribution < -0.4 is 4.72 Å². The minimum absolute atomic E-state index is 0.114. The maximum Gasteiger partial charge on any atom is 0.263 e. The molecule has 0 aliphatic carbocycles. The first-order valence-corrected chi connectivity index (χ1v) is 6.47. The highest BCUT2D eigenvalue weighted by molar-refractivity contribution is 7.92. The van der Waals surface area contributed by atoms with Crippen molar-refractivity contribution in [2.45, 2.75) is 4.90 Å². The van der Waals surface area contributed by atoms with E-state index in [2.05, 4.69) is 4.98 Å². The lowest BCUT2D eigenvalue weighted by atomic mass is 10.2. The van der Waals surface area contributed by atoms with Gasteiger partial charge in [-0.05, 0) is 12.1 Å². The molecule has 0 radical (unpaired) electrons. The molecule has 1 aromatic heterocycles. The molecule has 98 valence electrons. The average Bonchev–Trinajstić information content (AvgIpc) is 2.87. The van der Waals surface area contributed by atoms with Crippen LogP contribution in [0.2, 0.25) is 0 Å². The van der Waals surface area contributed by atoms with E-state index in [1.54, 1.807) is 0 Å². The number of hydrogen-bond acceptors (Lipinski definition) is 3. The topological polar surface area (TPSA) is 85.8 Å². The first kappa shape index (κ1) is 13.0. The SMILES string of the molecule is N#Cc1cc(F)c(NS(=O)(=O)c2cc[nH]c2)cc1F. The Morgan fingerprint density at radius 1 is 1.26 bits per heavy atom. The van der Waals surface area contributed by atoms with Crippen LogP contribution in [-0.4, -0.2) is 13.4 Å². The van der Waals surface area contributed by atoms with E-state index in [0.717, 1.165) is 0 Å². The molecule has 0 aliphatic rings. The fraction of sp³-hybridized carbons (Fsp3) is 0. The van der Waals surface area contributed by atoms with Crippen molar-refractivity contribution in [1.29, 1.82) is 5.26 Å². The standard InChI is InChI=1S/C11H7F2N3O2S/c12-9-4-11(10(13)3-7(9)5-14)16-19(17,18)8-1-2-15-6-8/h1-4,6,15-16H. The number of rotatable bonds is 3. The second kappa shape index (κ2) is 4.70. The van der Waals surface area contributed by atoms with Crippen LogP contribution in [0.15, 0.2) is 35.5 Å². The molecule has 2 rings (SSSR count). The first-order valence-electron chi connectivity index (χ1n) is 4.99. The van der Waals surface area contributed by atoms with Crippen molar-refractivity contribution in [3.05, 3.63) is 47.8 Å². The summed E-state index contributed by atoms with van der Waals surface area (Å²) >= 11 is 0. The molecule has 0 saturated heterocycles. The van der Waals surface area contributed by atoms with E-state index in [0.29, 0.717) is 12.1 Å². The molecule has 0 unspecified atom stereocenters. The lowest BCUT2D eigenvalue weighted by Crippen LogP contribution is -2.13. The minimum Gasteiger partial charge on any atom is -0.366 e. The highest BCUT2D eigenvalue weighted by atomic mass is 32.2. The third-order valence-electron chi connectivity index (χ3n) is 2.30. The van der Waals surface area contributed by atoms with Crippen molar-refractivity contribution < 1.29 is 17.2 Å². The summed E-state index contributed by atoms with van der Waals surface area (Å²) in [6, 6.07) is 3.97. The zero-order valence-electron chi connectivity index (χ0n) is 9.31. The molecule has 5 nitrogen and oxygen atoms in total. The molecule has 1 aromatic carbocycles. The number of nitrogens with one attached hydrogen (secondary N) is 2. The monoisotopic (exact) mass is 283 g/mol. The van der Waals surface area contributed by atoms with Crippen molar-refractivity contribution in [2.24, 2.45) is 0 Å². The number of halogens is 2. The van der Waals surface area contributed by atoms with Gasteiger partial charge in [0.15, 0.2) is 0 Å². The molecule has 0 spiro atoms. The molecule has 0 amide bonds. The molecule has 0 aliphatic heterocycles. The summed E-state index contributed by atoms with van der Waals surface area (Å²) in [5.41, 5.74) is -1.06. The molecule has 2 N–H and O–H groups in total. The summed E-state index contributed by atoms with van der Waals surface area (Å²) in [5.74, 6) is -2.03. The van der Waals surface area contributed by atoms with Crippen molar-refractivity contribution in [3.8, 4) is 6.07 Å². The van der Waals surface area contributed by atoms with Gasteiger partial charge in [0.1, 0.15) is 22.6 Å².